The van der Waals surface area contributed by atoms with Gasteiger partial charge >= 0.3 is 6.03 Å². The minimum absolute atomic E-state index is 0.0817. The Morgan fingerprint density at radius 3 is 2.52 bits per heavy atom. The minimum Gasteiger partial charge on any atom is -0.353 e. The molecule has 2 fully saturated rings. The molecule has 0 bridgehead atoms. The number of carbonyl (C=O) groups excluding carboxylic acids is 3. The number of rotatable bonds is 5. The van der Waals surface area contributed by atoms with Crippen molar-refractivity contribution in [1.82, 2.24) is 16.0 Å². The van der Waals surface area contributed by atoms with Gasteiger partial charge in [-0.3, -0.25) is 14.9 Å². The first-order chi connectivity index (χ1) is 10.1. The number of amides is 4. The number of carbonyl (C=O) groups is 3. The molecule has 21 heavy (non-hydrogen) atoms. The fraction of sp³-hybridized carbons (Fsp3) is 0.400. The second-order valence-corrected chi connectivity index (χ2v) is 5.52. The van der Waals surface area contributed by atoms with E-state index in [0.717, 1.165) is 12.8 Å². The molecule has 2 aliphatic rings. The third-order valence-corrected chi connectivity index (χ3v) is 3.88. The van der Waals surface area contributed by atoms with Gasteiger partial charge in [0, 0.05) is 12.5 Å². The monoisotopic (exact) mass is 287 g/mol. The fourth-order valence-corrected chi connectivity index (χ4v) is 2.57. The second-order valence-electron chi connectivity index (χ2n) is 5.52. The highest BCUT2D eigenvalue weighted by molar-refractivity contribution is 6.07. The van der Waals surface area contributed by atoms with Crippen LogP contribution in [0.4, 0.5) is 4.79 Å². The topological polar surface area (TPSA) is 87.3 Å². The molecule has 1 saturated carbocycles. The standard InChI is InChI=1S/C15H17N3O3/c19-12(16-11-6-7-11)8-9-15(10-4-2-1-3-5-10)13(20)17-14(21)18-15/h1-5,11H,6-9H2,(H,16,19)(H2,17,18,20,21). The Balaban J connectivity index is 1.78. The average Bonchev–Trinajstić information content (AvgIpc) is 3.22. The fourth-order valence-electron chi connectivity index (χ4n) is 2.57. The summed E-state index contributed by atoms with van der Waals surface area (Å²) in [5, 5.41) is 7.83. The lowest BCUT2D eigenvalue weighted by atomic mass is 9.85. The van der Waals surface area contributed by atoms with E-state index < -0.39 is 17.5 Å². The lowest BCUT2D eigenvalue weighted by Gasteiger charge is -2.26. The van der Waals surface area contributed by atoms with E-state index in [1.807, 2.05) is 6.07 Å². The van der Waals surface area contributed by atoms with E-state index in [-0.39, 0.29) is 24.8 Å². The molecule has 6 heteroatoms. The number of hydrogen-bond acceptors (Lipinski definition) is 3. The highest BCUT2D eigenvalue weighted by atomic mass is 16.2. The van der Waals surface area contributed by atoms with E-state index in [4.69, 9.17) is 0 Å². The molecule has 0 aromatic heterocycles. The van der Waals surface area contributed by atoms with Gasteiger partial charge in [-0.25, -0.2) is 4.79 Å². The van der Waals surface area contributed by atoms with Crippen molar-refractivity contribution < 1.29 is 14.4 Å². The summed E-state index contributed by atoms with van der Waals surface area (Å²) in [6, 6.07) is 8.78. The molecule has 110 valence electrons. The molecular formula is C15H17N3O3. The van der Waals surface area contributed by atoms with Crippen molar-refractivity contribution in [3.63, 3.8) is 0 Å². The Morgan fingerprint density at radius 1 is 1.24 bits per heavy atom. The molecule has 1 heterocycles. The highest BCUT2D eigenvalue weighted by Gasteiger charge is 2.47. The number of urea groups is 1. The predicted molar refractivity (Wildman–Crippen MR) is 75.2 cm³/mol. The predicted octanol–water partition coefficient (Wildman–Crippen LogP) is 0.780. The Bertz CT molecular complexity index is 583. The van der Waals surface area contributed by atoms with Gasteiger partial charge in [0.05, 0.1) is 0 Å². The largest absolute Gasteiger partial charge is 0.353 e. The number of imide groups is 1. The maximum Gasteiger partial charge on any atom is 0.322 e. The molecule has 3 rings (SSSR count). The molecule has 3 N–H and O–H groups in total. The molecule has 1 atom stereocenters. The van der Waals surface area contributed by atoms with Crippen LogP contribution >= 0.6 is 0 Å². The Morgan fingerprint density at radius 2 is 1.95 bits per heavy atom. The zero-order chi connectivity index (χ0) is 14.9. The summed E-state index contributed by atoms with van der Waals surface area (Å²) in [6.07, 6.45) is 2.48. The van der Waals surface area contributed by atoms with E-state index in [1.165, 1.54) is 0 Å². The van der Waals surface area contributed by atoms with Crippen molar-refractivity contribution in [3.05, 3.63) is 35.9 Å². The summed E-state index contributed by atoms with van der Waals surface area (Å²) in [5.41, 5.74) is -0.466. The molecule has 0 radical (unpaired) electrons. The summed E-state index contributed by atoms with van der Waals surface area (Å²) in [4.78, 5) is 35.6. The zero-order valence-electron chi connectivity index (χ0n) is 11.5. The van der Waals surface area contributed by atoms with Crippen LogP contribution in [-0.4, -0.2) is 23.9 Å². The first kappa shape index (κ1) is 13.6. The second kappa shape index (κ2) is 5.20. The number of benzene rings is 1. The molecule has 0 spiro atoms. The Hall–Kier alpha value is -2.37. The average molecular weight is 287 g/mol. The molecule has 1 saturated heterocycles. The van der Waals surface area contributed by atoms with Gasteiger partial charge in [-0.1, -0.05) is 30.3 Å². The van der Waals surface area contributed by atoms with Crippen LogP contribution in [0, 0.1) is 0 Å². The SMILES string of the molecule is O=C(CCC1(c2ccccc2)NC(=O)NC1=O)NC1CC1. The van der Waals surface area contributed by atoms with Crippen LogP contribution in [0.3, 0.4) is 0 Å². The van der Waals surface area contributed by atoms with E-state index in [2.05, 4.69) is 16.0 Å². The van der Waals surface area contributed by atoms with Crippen LogP contribution in [0.2, 0.25) is 0 Å². The van der Waals surface area contributed by atoms with Crippen molar-refractivity contribution in [2.75, 3.05) is 0 Å². The first-order valence-electron chi connectivity index (χ1n) is 7.09. The highest BCUT2D eigenvalue weighted by Crippen LogP contribution is 2.30. The Kier molecular flexibility index (Phi) is 3.37. The third kappa shape index (κ3) is 2.74. The van der Waals surface area contributed by atoms with Crippen LogP contribution in [0.1, 0.15) is 31.2 Å². The number of hydrogen-bond donors (Lipinski definition) is 3. The van der Waals surface area contributed by atoms with E-state index in [0.29, 0.717) is 5.56 Å². The van der Waals surface area contributed by atoms with Gasteiger partial charge in [0.25, 0.3) is 5.91 Å². The van der Waals surface area contributed by atoms with Gasteiger partial charge in [-0.05, 0) is 24.8 Å². The van der Waals surface area contributed by atoms with Crippen molar-refractivity contribution in [2.24, 2.45) is 0 Å². The molecule has 1 aromatic rings. The summed E-state index contributed by atoms with van der Waals surface area (Å²) in [5.74, 6) is -0.486. The van der Waals surface area contributed by atoms with Crippen molar-refractivity contribution in [2.45, 2.75) is 37.3 Å². The quantitative estimate of drug-likeness (QED) is 0.699. The van der Waals surface area contributed by atoms with Crippen molar-refractivity contribution >= 4 is 17.8 Å². The first-order valence-corrected chi connectivity index (χ1v) is 7.09. The van der Waals surface area contributed by atoms with Crippen molar-refractivity contribution in [1.29, 1.82) is 0 Å². The van der Waals surface area contributed by atoms with Gasteiger partial charge in [0.15, 0.2) is 0 Å². The van der Waals surface area contributed by atoms with Crippen LogP contribution in [0.25, 0.3) is 0 Å². The van der Waals surface area contributed by atoms with Crippen molar-refractivity contribution in [3.8, 4) is 0 Å². The summed E-state index contributed by atoms with van der Waals surface area (Å²) in [7, 11) is 0. The summed E-state index contributed by atoms with van der Waals surface area (Å²) < 4.78 is 0. The van der Waals surface area contributed by atoms with Gasteiger partial charge in [-0.2, -0.15) is 0 Å². The Labute approximate surface area is 122 Å². The normalized spacial score (nSPS) is 24.4. The summed E-state index contributed by atoms with van der Waals surface area (Å²) >= 11 is 0. The third-order valence-electron chi connectivity index (χ3n) is 3.88. The van der Waals surface area contributed by atoms with Gasteiger partial charge in [0.2, 0.25) is 5.91 Å². The number of nitrogens with one attached hydrogen (secondary N) is 3. The van der Waals surface area contributed by atoms with E-state index in [1.54, 1.807) is 24.3 Å². The van der Waals surface area contributed by atoms with Gasteiger partial charge in [0.1, 0.15) is 5.54 Å². The van der Waals surface area contributed by atoms with Crippen LogP contribution < -0.4 is 16.0 Å². The minimum atomic E-state index is -1.15. The summed E-state index contributed by atoms with van der Waals surface area (Å²) in [6.45, 7) is 0. The zero-order valence-corrected chi connectivity index (χ0v) is 11.5. The maximum atomic E-state index is 12.2. The van der Waals surface area contributed by atoms with Crippen LogP contribution in [0.15, 0.2) is 30.3 Å². The molecule has 4 amide bonds. The molecular weight excluding hydrogens is 270 g/mol. The molecule has 1 aliphatic heterocycles. The molecule has 1 unspecified atom stereocenters. The smallest absolute Gasteiger partial charge is 0.322 e. The lowest BCUT2D eigenvalue weighted by Crippen LogP contribution is -2.44. The molecule has 1 aliphatic carbocycles. The molecule has 1 aromatic carbocycles. The maximum absolute atomic E-state index is 12.2. The van der Waals surface area contributed by atoms with Gasteiger partial charge in [-0.15, -0.1) is 0 Å². The van der Waals surface area contributed by atoms with Gasteiger partial charge < -0.3 is 10.6 Å². The van der Waals surface area contributed by atoms with Crippen LogP contribution in [-0.2, 0) is 15.1 Å². The molecule has 6 nitrogen and oxygen atoms in total. The van der Waals surface area contributed by atoms with Crippen LogP contribution in [0.5, 0.6) is 0 Å². The van der Waals surface area contributed by atoms with E-state index in [9.17, 15) is 14.4 Å². The lowest BCUT2D eigenvalue weighted by molar-refractivity contribution is -0.125. The van der Waals surface area contributed by atoms with E-state index >= 15 is 0 Å².